The molecule has 0 heterocycles. The van der Waals surface area contributed by atoms with Gasteiger partial charge in [-0.05, 0) is 67.2 Å². The summed E-state index contributed by atoms with van der Waals surface area (Å²) < 4.78 is 0. The van der Waals surface area contributed by atoms with Crippen molar-refractivity contribution in [3.8, 4) is 0 Å². The molecule has 0 aliphatic rings. The quantitative estimate of drug-likeness (QED) is 0.319. The second-order valence-electron chi connectivity index (χ2n) is 6.50. The first-order chi connectivity index (χ1) is 10.2. The van der Waals surface area contributed by atoms with E-state index in [-0.39, 0.29) is 17.5 Å². The maximum Gasteiger partial charge on any atom is 0.155 e. The average Bonchev–Trinajstić information content (AvgIpc) is 2.36. The van der Waals surface area contributed by atoms with Crippen molar-refractivity contribution in [1.82, 2.24) is 0 Å². The summed E-state index contributed by atoms with van der Waals surface area (Å²) in [5.41, 5.74) is 3.90. The SMILES string of the molecule is CC(=O)C=C(O)C(CC=C(C)C)CC=C(C)CCC=C(C)C. The predicted octanol–water partition coefficient (Wildman–Crippen LogP) is 6.07. The fourth-order valence-electron chi connectivity index (χ4n) is 2.08. The molecule has 0 rings (SSSR count). The van der Waals surface area contributed by atoms with Crippen LogP contribution in [-0.2, 0) is 4.79 Å². The van der Waals surface area contributed by atoms with Gasteiger partial charge in [-0.25, -0.2) is 0 Å². The molecule has 0 radical (unpaired) electrons. The van der Waals surface area contributed by atoms with E-state index in [1.165, 1.54) is 29.7 Å². The Kier molecular flexibility index (Phi) is 10.3. The second-order valence-corrected chi connectivity index (χ2v) is 6.50. The van der Waals surface area contributed by atoms with E-state index < -0.39 is 0 Å². The zero-order valence-electron chi connectivity index (χ0n) is 15.1. The van der Waals surface area contributed by atoms with Crippen LogP contribution < -0.4 is 0 Å². The summed E-state index contributed by atoms with van der Waals surface area (Å²) in [6.07, 6.45) is 11.5. The van der Waals surface area contributed by atoms with Crippen LogP contribution in [-0.4, -0.2) is 10.9 Å². The van der Waals surface area contributed by atoms with Gasteiger partial charge in [0, 0.05) is 12.0 Å². The highest BCUT2D eigenvalue weighted by Gasteiger charge is 2.12. The Morgan fingerprint density at radius 2 is 1.45 bits per heavy atom. The van der Waals surface area contributed by atoms with E-state index in [4.69, 9.17) is 0 Å². The number of carbonyl (C=O) groups excluding carboxylic acids is 1. The van der Waals surface area contributed by atoms with Crippen molar-refractivity contribution in [1.29, 1.82) is 0 Å². The molecule has 0 bridgehead atoms. The monoisotopic (exact) mass is 304 g/mol. The lowest BCUT2D eigenvalue weighted by Gasteiger charge is -2.13. The highest BCUT2D eigenvalue weighted by molar-refractivity contribution is 5.87. The van der Waals surface area contributed by atoms with Crippen molar-refractivity contribution in [3.63, 3.8) is 0 Å². The molecule has 0 aromatic rings. The first-order valence-electron chi connectivity index (χ1n) is 8.05. The lowest BCUT2D eigenvalue weighted by Crippen LogP contribution is -2.04. The van der Waals surface area contributed by atoms with Crippen LogP contribution in [0.25, 0.3) is 0 Å². The molecule has 1 unspecified atom stereocenters. The lowest BCUT2D eigenvalue weighted by atomic mass is 9.95. The summed E-state index contributed by atoms with van der Waals surface area (Å²) >= 11 is 0. The van der Waals surface area contributed by atoms with Gasteiger partial charge in [0.05, 0.1) is 5.76 Å². The zero-order chi connectivity index (χ0) is 17.1. The van der Waals surface area contributed by atoms with E-state index >= 15 is 0 Å². The molecular weight excluding hydrogens is 272 g/mol. The van der Waals surface area contributed by atoms with Gasteiger partial charge >= 0.3 is 0 Å². The fraction of sp³-hybridized carbons (Fsp3) is 0.550. The van der Waals surface area contributed by atoms with Gasteiger partial charge in [0.2, 0.25) is 0 Å². The molecule has 0 aliphatic heterocycles. The molecule has 1 N–H and O–H groups in total. The minimum Gasteiger partial charge on any atom is -0.512 e. The third kappa shape index (κ3) is 11.1. The summed E-state index contributed by atoms with van der Waals surface area (Å²) in [6, 6.07) is 0. The van der Waals surface area contributed by atoms with Gasteiger partial charge in [-0.1, -0.05) is 34.9 Å². The molecular formula is C20H32O2. The minimum absolute atomic E-state index is 0.0165. The van der Waals surface area contributed by atoms with Gasteiger partial charge in [-0.15, -0.1) is 0 Å². The van der Waals surface area contributed by atoms with Gasteiger partial charge in [0.15, 0.2) is 5.78 Å². The van der Waals surface area contributed by atoms with E-state index in [1.54, 1.807) is 0 Å². The summed E-state index contributed by atoms with van der Waals surface area (Å²) in [5, 5.41) is 10.1. The number of carbonyl (C=O) groups is 1. The van der Waals surface area contributed by atoms with Crippen LogP contribution in [0.1, 0.15) is 67.2 Å². The van der Waals surface area contributed by atoms with Crippen LogP contribution >= 0.6 is 0 Å². The number of allylic oxidation sites excluding steroid dienone is 8. The van der Waals surface area contributed by atoms with E-state index in [1.807, 2.05) is 13.8 Å². The summed E-state index contributed by atoms with van der Waals surface area (Å²) in [4.78, 5) is 11.2. The number of aliphatic hydroxyl groups excluding tert-OH is 1. The molecule has 22 heavy (non-hydrogen) atoms. The van der Waals surface area contributed by atoms with Gasteiger partial charge in [0.1, 0.15) is 0 Å². The molecule has 0 saturated heterocycles. The van der Waals surface area contributed by atoms with Crippen LogP contribution in [0.15, 0.2) is 46.8 Å². The summed E-state index contributed by atoms with van der Waals surface area (Å²) in [7, 11) is 0. The van der Waals surface area contributed by atoms with E-state index in [2.05, 4.69) is 39.0 Å². The standard InChI is InChI=1S/C20H32O2/c1-15(2)8-7-9-17(5)11-13-19(12-10-16(3)4)20(22)14-18(6)21/h8,10-11,14,19,22H,7,9,12-13H2,1-6H3. The van der Waals surface area contributed by atoms with Crippen LogP contribution in [0.4, 0.5) is 0 Å². The average molecular weight is 304 g/mol. The van der Waals surface area contributed by atoms with Crippen LogP contribution in [0.5, 0.6) is 0 Å². The Balaban J connectivity index is 4.79. The maximum absolute atomic E-state index is 11.2. The fourth-order valence-corrected chi connectivity index (χ4v) is 2.08. The second kappa shape index (κ2) is 11.1. The maximum atomic E-state index is 11.2. The largest absolute Gasteiger partial charge is 0.512 e. The van der Waals surface area contributed by atoms with Gasteiger partial charge in [-0.2, -0.15) is 0 Å². The normalized spacial score (nSPS) is 13.5. The Hall–Kier alpha value is -1.57. The smallest absolute Gasteiger partial charge is 0.155 e. The van der Waals surface area contributed by atoms with Crippen molar-refractivity contribution in [2.75, 3.05) is 0 Å². The Bertz CT molecular complexity index is 468. The van der Waals surface area contributed by atoms with Crippen LogP contribution in [0.3, 0.4) is 0 Å². The lowest BCUT2D eigenvalue weighted by molar-refractivity contribution is -0.112. The van der Waals surface area contributed by atoms with Crippen molar-refractivity contribution in [2.24, 2.45) is 5.92 Å². The molecule has 0 fully saturated rings. The topological polar surface area (TPSA) is 37.3 Å². The molecule has 124 valence electrons. The molecule has 0 aromatic carbocycles. The Morgan fingerprint density at radius 1 is 0.909 bits per heavy atom. The molecule has 1 atom stereocenters. The van der Waals surface area contributed by atoms with Crippen LogP contribution in [0.2, 0.25) is 0 Å². The minimum atomic E-state index is -0.107. The predicted molar refractivity (Wildman–Crippen MR) is 96.0 cm³/mol. The molecule has 0 aromatic heterocycles. The highest BCUT2D eigenvalue weighted by Crippen LogP contribution is 2.21. The molecule has 0 saturated carbocycles. The molecule has 0 aliphatic carbocycles. The number of hydrogen-bond donors (Lipinski definition) is 1. The first kappa shape index (κ1) is 20.4. The Labute approximate surface area is 136 Å². The van der Waals surface area contributed by atoms with Gasteiger partial charge in [-0.3, -0.25) is 4.79 Å². The Morgan fingerprint density at radius 3 is 1.95 bits per heavy atom. The van der Waals surface area contributed by atoms with E-state index in [0.29, 0.717) is 0 Å². The van der Waals surface area contributed by atoms with Crippen molar-refractivity contribution >= 4 is 5.78 Å². The third-order valence-corrected chi connectivity index (χ3v) is 3.42. The molecule has 0 spiro atoms. The van der Waals surface area contributed by atoms with Crippen molar-refractivity contribution in [2.45, 2.75) is 67.2 Å². The zero-order valence-corrected chi connectivity index (χ0v) is 15.1. The van der Waals surface area contributed by atoms with Crippen LogP contribution in [0, 0.1) is 5.92 Å². The molecule has 0 amide bonds. The van der Waals surface area contributed by atoms with E-state index in [9.17, 15) is 9.90 Å². The number of ketones is 1. The number of aliphatic hydroxyl groups is 1. The molecule has 2 nitrogen and oxygen atoms in total. The van der Waals surface area contributed by atoms with Crippen molar-refractivity contribution in [3.05, 3.63) is 46.8 Å². The summed E-state index contributed by atoms with van der Waals surface area (Å²) in [6.45, 7) is 11.9. The van der Waals surface area contributed by atoms with Crippen molar-refractivity contribution < 1.29 is 9.90 Å². The third-order valence-electron chi connectivity index (χ3n) is 3.42. The highest BCUT2D eigenvalue weighted by atomic mass is 16.3. The number of rotatable bonds is 9. The number of hydrogen-bond acceptors (Lipinski definition) is 2. The summed E-state index contributed by atoms with van der Waals surface area (Å²) in [5.74, 6) is 0.0690. The molecule has 2 heteroatoms. The van der Waals surface area contributed by atoms with Gasteiger partial charge in [0.25, 0.3) is 0 Å². The van der Waals surface area contributed by atoms with E-state index in [0.717, 1.165) is 25.7 Å². The first-order valence-corrected chi connectivity index (χ1v) is 8.05. The van der Waals surface area contributed by atoms with Gasteiger partial charge < -0.3 is 5.11 Å².